The smallest absolute Gasteiger partial charge is 0.108 e. The van der Waals surface area contributed by atoms with Crippen molar-refractivity contribution in [2.24, 2.45) is 0 Å². The van der Waals surface area contributed by atoms with Crippen LogP contribution in [-0.2, 0) is 16.9 Å². The van der Waals surface area contributed by atoms with E-state index in [9.17, 15) is 0 Å². The number of likely N-dealkylation sites (N-methyl/N-ethyl adjacent to an activating group) is 1. The molecule has 0 saturated carbocycles. The van der Waals surface area contributed by atoms with Crippen molar-refractivity contribution in [3.63, 3.8) is 0 Å². The van der Waals surface area contributed by atoms with Gasteiger partial charge < -0.3 is 9.64 Å². The molecule has 2 aliphatic rings. The highest BCUT2D eigenvalue weighted by molar-refractivity contribution is 5.36. The zero-order valence-corrected chi connectivity index (χ0v) is 11.9. The van der Waals surface area contributed by atoms with Crippen LogP contribution in [0.15, 0.2) is 24.3 Å². The Morgan fingerprint density at radius 1 is 1.22 bits per heavy atom. The van der Waals surface area contributed by atoms with Gasteiger partial charge in [0.25, 0.3) is 0 Å². The monoisotopic (exact) mass is 247 g/mol. The standard InChI is InChI=1S/C12H15NO.C4H10/c1-13-7-6-12(9-13)11-5-3-2-4-10(11)8-14-12;1-3-4-2/h2-5H,6-9H2,1H3;3-4H2,1-2H3. The number of benzene rings is 1. The Morgan fingerprint density at radius 3 is 2.56 bits per heavy atom. The predicted molar refractivity (Wildman–Crippen MR) is 75.6 cm³/mol. The first kappa shape index (κ1) is 13.6. The van der Waals surface area contributed by atoms with Crippen LogP contribution in [-0.4, -0.2) is 25.0 Å². The van der Waals surface area contributed by atoms with E-state index in [1.165, 1.54) is 24.0 Å². The molecule has 18 heavy (non-hydrogen) atoms. The summed E-state index contributed by atoms with van der Waals surface area (Å²) in [5.74, 6) is 0. The number of nitrogens with zero attached hydrogens (tertiary/aromatic N) is 1. The van der Waals surface area contributed by atoms with Gasteiger partial charge in [0.1, 0.15) is 5.60 Å². The molecular formula is C16H25NO. The molecule has 0 bridgehead atoms. The van der Waals surface area contributed by atoms with Gasteiger partial charge in [-0.15, -0.1) is 0 Å². The SMILES string of the molecule is CCCC.CN1CCC2(C1)OCc1ccccc12. The first-order valence-electron chi connectivity index (χ1n) is 7.12. The van der Waals surface area contributed by atoms with Gasteiger partial charge in [-0.25, -0.2) is 0 Å². The average molecular weight is 247 g/mol. The van der Waals surface area contributed by atoms with Crippen molar-refractivity contribution in [2.75, 3.05) is 20.1 Å². The van der Waals surface area contributed by atoms with Gasteiger partial charge in [0.2, 0.25) is 0 Å². The normalized spacial score (nSPS) is 25.9. The molecule has 1 aromatic rings. The number of ether oxygens (including phenoxy) is 1. The minimum Gasteiger partial charge on any atom is -0.364 e. The lowest BCUT2D eigenvalue weighted by atomic mass is 9.92. The maximum atomic E-state index is 6.00. The number of likely N-dealkylation sites (tertiary alicyclic amines) is 1. The molecule has 1 saturated heterocycles. The van der Waals surface area contributed by atoms with Crippen LogP contribution in [0.25, 0.3) is 0 Å². The lowest BCUT2D eigenvalue weighted by Crippen LogP contribution is -2.28. The van der Waals surface area contributed by atoms with Crippen molar-refractivity contribution in [3.8, 4) is 0 Å². The average Bonchev–Trinajstić information content (AvgIpc) is 2.96. The molecule has 2 nitrogen and oxygen atoms in total. The van der Waals surface area contributed by atoms with E-state index in [4.69, 9.17) is 4.74 Å². The molecule has 0 aliphatic carbocycles. The topological polar surface area (TPSA) is 12.5 Å². The maximum Gasteiger partial charge on any atom is 0.108 e. The van der Waals surface area contributed by atoms with Gasteiger partial charge in [0.05, 0.1) is 6.61 Å². The van der Waals surface area contributed by atoms with Crippen LogP contribution in [0.1, 0.15) is 44.2 Å². The van der Waals surface area contributed by atoms with Crippen LogP contribution in [0.2, 0.25) is 0 Å². The Labute approximate surface area is 111 Å². The van der Waals surface area contributed by atoms with Gasteiger partial charge in [-0.1, -0.05) is 51.0 Å². The molecule has 100 valence electrons. The van der Waals surface area contributed by atoms with Crippen LogP contribution in [0.4, 0.5) is 0 Å². The maximum absolute atomic E-state index is 6.00. The summed E-state index contributed by atoms with van der Waals surface area (Å²) in [4.78, 5) is 2.35. The van der Waals surface area contributed by atoms with Gasteiger partial charge in [-0.05, 0) is 24.6 Å². The van der Waals surface area contributed by atoms with Crippen LogP contribution in [0, 0.1) is 0 Å². The molecule has 1 atom stereocenters. The minimum atomic E-state index is 0.0192. The predicted octanol–water partition coefficient (Wildman–Crippen LogP) is 3.55. The molecule has 1 unspecified atom stereocenters. The number of fused-ring (bicyclic) bond motifs is 2. The van der Waals surface area contributed by atoms with Crippen LogP contribution in [0.5, 0.6) is 0 Å². The molecular weight excluding hydrogens is 222 g/mol. The summed E-state index contributed by atoms with van der Waals surface area (Å²) in [6.45, 7) is 7.35. The van der Waals surface area contributed by atoms with E-state index in [1.807, 2.05) is 0 Å². The van der Waals surface area contributed by atoms with E-state index in [-0.39, 0.29) is 5.60 Å². The van der Waals surface area contributed by atoms with E-state index in [1.54, 1.807) is 0 Å². The zero-order valence-electron chi connectivity index (χ0n) is 11.9. The first-order valence-corrected chi connectivity index (χ1v) is 7.12. The molecule has 0 radical (unpaired) electrons. The molecule has 0 N–H and O–H groups in total. The summed E-state index contributed by atoms with van der Waals surface area (Å²) >= 11 is 0. The third-order valence-corrected chi connectivity index (χ3v) is 3.93. The van der Waals surface area contributed by atoms with Crippen molar-refractivity contribution in [2.45, 2.75) is 45.3 Å². The van der Waals surface area contributed by atoms with Crippen molar-refractivity contribution in [1.29, 1.82) is 0 Å². The molecule has 0 amide bonds. The lowest BCUT2D eigenvalue weighted by molar-refractivity contribution is -0.0280. The fourth-order valence-electron chi connectivity index (χ4n) is 2.69. The van der Waals surface area contributed by atoms with Gasteiger partial charge in [0, 0.05) is 13.1 Å². The summed E-state index contributed by atoms with van der Waals surface area (Å²) in [5, 5.41) is 0. The van der Waals surface area contributed by atoms with Crippen molar-refractivity contribution in [3.05, 3.63) is 35.4 Å². The van der Waals surface area contributed by atoms with E-state index < -0.39 is 0 Å². The number of rotatable bonds is 1. The Hall–Kier alpha value is -0.860. The summed E-state index contributed by atoms with van der Waals surface area (Å²) in [7, 11) is 2.17. The second-order valence-electron chi connectivity index (χ2n) is 5.43. The molecule has 2 heterocycles. The number of hydrogen-bond acceptors (Lipinski definition) is 2. The molecule has 1 fully saturated rings. The van der Waals surface area contributed by atoms with Crippen molar-refractivity contribution >= 4 is 0 Å². The Kier molecular flexibility index (Phi) is 4.41. The van der Waals surface area contributed by atoms with E-state index in [2.05, 4.69) is 50.1 Å². The summed E-state index contributed by atoms with van der Waals surface area (Å²) in [6, 6.07) is 8.62. The zero-order chi connectivity index (χ0) is 13.0. The quantitative estimate of drug-likeness (QED) is 0.752. The van der Waals surface area contributed by atoms with E-state index in [0.717, 1.165) is 26.1 Å². The third-order valence-electron chi connectivity index (χ3n) is 3.93. The van der Waals surface area contributed by atoms with Crippen molar-refractivity contribution < 1.29 is 4.74 Å². The molecule has 1 aromatic carbocycles. The van der Waals surface area contributed by atoms with Gasteiger partial charge in [-0.2, -0.15) is 0 Å². The molecule has 2 aliphatic heterocycles. The second-order valence-corrected chi connectivity index (χ2v) is 5.43. The molecule has 0 aromatic heterocycles. The number of unbranched alkanes of at least 4 members (excludes halogenated alkanes) is 1. The third kappa shape index (κ3) is 2.60. The largest absolute Gasteiger partial charge is 0.364 e. The van der Waals surface area contributed by atoms with Crippen LogP contribution >= 0.6 is 0 Å². The fraction of sp³-hybridized carbons (Fsp3) is 0.625. The molecule has 3 rings (SSSR count). The van der Waals surface area contributed by atoms with Gasteiger partial charge in [0.15, 0.2) is 0 Å². The molecule has 1 spiro atoms. The summed E-state index contributed by atoms with van der Waals surface area (Å²) in [6.07, 6.45) is 3.78. The van der Waals surface area contributed by atoms with E-state index >= 15 is 0 Å². The minimum absolute atomic E-state index is 0.0192. The Bertz CT molecular complexity index is 384. The summed E-state index contributed by atoms with van der Waals surface area (Å²) in [5.41, 5.74) is 2.82. The number of hydrogen-bond donors (Lipinski definition) is 0. The second kappa shape index (κ2) is 5.85. The summed E-state index contributed by atoms with van der Waals surface area (Å²) < 4.78 is 6.00. The van der Waals surface area contributed by atoms with E-state index in [0.29, 0.717) is 0 Å². The van der Waals surface area contributed by atoms with Crippen LogP contribution < -0.4 is 0 Å². The highest BCUT2D eigenvalue weighted by Crippen LogP contribution is 2.42. The first-order chi connectivity index (χ1) is 8.72. The van der Waals surface area contributed by atoms with Crippen molar-refractivity contribution in [1.82, 2.24) is 4.90 Å². The van der Waals surface area contributed by atoms with Gasteiger partial charge >= 0.3 is 0 Å². The Morgan fingerprint density at radius 2 is 1.94 bits per heavy atom. The molecule has 2 heteroatoms. The highest BCUT2D eigenvalue weighted by Gasteiger charge is 2.44. The Balaban J connectivity index is 0.000000267. The van der Waals surface area contributed by atoms with Crippen LogP contribution in [0.3, 0.4) is 0 Å². The highest BCUT2D eigenvalue weighted by atomic mass is 16.5. The fourth-order valence-corrected chi connectivity index (χ4v) is 2.69. The van der Waals surface area contributed by atoms with Gasteiger partial charge in [-0.3, -0.25) is 0 Å². The lowest BCUT2D eigenvalue weighted by Gasteiger charge is -2.23.